The van der Waals surface area contributed by atoms with Gasteiger partial charge in [-0.25, -0.2) is 4.79 Å². The van der Waals surface area contributed by atoms with E-state index in [1.807, 2.05) is 13.0 Å². The van der Waals surface area contributed by atoms with Crippen molar-refractivity contribution in [2.45, 2.75) is 65.6 Å². The maximum atomic E-state index is 11.9. The summed E-state index contributed by atoms with van der Waals surface area (Å²) in [6.45, 7) is 11.3. The van der Waals surface area contributed by atoms with Gasteiger partial charge in [-0.1, -0.05) is 51.1 Å². The fourth-order valence-corrected chi connectivity index (χ4v) is 2.56. The van der Waals surface area contributed by atoms with E-state index >= 15 is 0 Å². The van der Waals surface area contributed by atoms with Crippen LogP contribution in [0.15, 0.2) is 30.3 Å². The molecule has 0 fully saturated rings. The van der Waals surface area contributed by atoms with Crippen LogP contribution < -0.4 is 16.0 Å². The van der Waals surface area contributed by atoms with Gasteiger partial charge in [0.1, 0.15) is 0 Å². The minimum Gasteiger partial charge on any atom is -0.337 e. The molecule has 0 bridgehead atoms. The van der Waals surface area contributed by atoms with Crippen LogP contribution in [-0.2, 0) is 0 Å². The number of hydrogen-bond acceptors (Lipinski definition) is 2. The van der Waals surface area contributed by atoms with E-state index in [9.17, 15) is 4.79 Å². The van der Waals surface area contributed by atoms with Crippen molar-refractivity contribution in [3.63, 3.8) is 0 Å². The van der Waals surface area contributed by atoms with Crippen LogP contribution in [0.1, 0.15) is 59.1 Å². The zero-order valence-electron chi connectivity index (χ0n) is 15.2. The van der Waals surface area contributed by atoms with E-state index in [-0.39, 0.29) is 24.2 Å². The van der Waals surface area contributed by atoms with Crippen molar-refractivity contribution in [2.75, 3.05) is 6.54 Å². The van der Waals surface area contributed by atoms with Crippen molar-refractivity contribution in [1.29, 1.82) is 0 Å². The molecule has 0 unspecified atom stereocenters. The molecule has 130 valence electrons. The molecule has 0 saturated carbocycles. The number of benzene rings is 1. The summed E-state index contributed by atoms with van der Waals surface area (Å²) in [5.41, 5.74) is 1.27. The average Bonchev–Trinajstić information content (AvgIpc) is 2.52. The van der Waals surface area contributed by atoms with E-state index in [0.717, 1.165) is 12.8 Å². The van der Waals surface area contributed by atoms with Crippen LogP contribution >= 0.6 is 0 Å². The zero-order chi connectivity index (χ0) is 17.2. The molecule has 0 aliphatic heterocycles. The van der Waals surface area contributed by atoms with Gasteiger partial charge < -0.3 is 16.0 Å². The lowest BCUT2D eigenvalue weighted by Gasteiger charge is -2.26. The van der Waals surface area contributed by atoms with Crippen molar-refractivity contribution in [1.82, 2.24) is 16.0 Å². The number of urea groups is 1. The van der Waals surface area contributed by atoms with Crippen LogP contribution in [0.5, 0.6) is 0 Å². The Morgan fingerprint density at radius 1 is 1.09 bits per heavy atom. The largest absolute Gasteiger partial charge is 0.337 e. The molecule has 1 aromatic rings. The number of rotatable bonds is 9. The molecule has 3 atom stereocenters. The topological polar surface area (TPSA) is 53.2 Å². The molecule has 0 heterocycles. The molecule has 1 rings (SSSR count). The van der Waals surface area contributed by atoms with Gasteiger partial charge in [-0.3, -0.25) is 0 Å². The van der Waals surface area contributed by atoms with Gasteiger partial charge in [0, 0.05) is 24.7 Å². The number of carbonyl (C=O) groups excluding carboxylic acids is 1. The molecule has 0 aromatic heterocycles. The Hall–Kier alpha value is -1.55. The van der Waals surface area contributed by atoms with Crippen molar-refractivity contribution in [3.8, 4) is 0 Å². The highest BCUT2D eigenvalue weighted by atomic mass is 16.2. The van der Waals surface area contributed by atoms with Crippen molar-refractivity contribution in [3.05, 3.63) is 35.9 Å². The second kappa shape index (κ2) is 10.3. The van der Waals surface area contributed by atoms with E-state index in [2.05, 4.69) is 67.9 Å². The average molecular weight is 319 g/mol. The summed E-state index contributed by atoms with van der Waals surface area (Å²) < 4.78 is 0. The number of carbonyl (C=O) groups is 1. The summed E-state index contributed by atoms with van der Waals surface area (Å²) in [4.78, 5) is 11.9. The lowest BCUT2D eigenvalue weighted by molar-refractivity contribution is 0.234. The molecule has 0 aliphatic carbocycles. The Balaban J connectivity index is 2.53. The molecule has 4 heteroatoms. The summed E-state index contributed by atoms with van der Waals surface area (Å²) in [5, 5.41) is 9.59. The molecule has 2 amide bonds. The SMILES string of the molecule is CC[C@H](C)NC(=O)NC[C@H](CC(C)C)N[C@H](C)c1ccccc1. The van der Waals surface area contributed by atoms with E-state index < -0.39 is 0 Å². The summed E-state index contributed by atoms with van der Waals surface area (Å²) in [7, 11) is 0. The van der Waals surface area contributed by atoms with E-state index in [0.29, 0.717) is 12.5 Å². The van der Waals surface area contributed by atoms with Gasteiger partial charge in [0.2, 0.25) is 0 Å². The highest BCUT2D eigenvalue weighted by Crippen LogP contribution is 2.14. The number of nitrogens with one attached hydrogen (secondary N) is 3. The molecule has 23 heavy (non-hydrogen) atoms. The normalized spacial score (nSPS) is 15.0. The smallest absolute Gasteiger partial charge is 0.315 e. The first-order valence-electron chi connectivity index (χ1n) is 8.77. The molecule has 0 aliphatic rings. The van der Waals surface area contributed by atoms with Gasteiger partial charge in [0.25, 0.3) is 0 Å². The summed E-state index contributed by atoms with van der Waals surface area (Å²) in [5.74, 6) is 0.579. The van der Waals surface area contributed by atoms with Crippen LogP contribution in [0.2, 0.25) is 0 Å². The third-order valence-corrected chi connectivity index (χ3v) is 4.04. The van der Waals surface area contributed by atoms with Crippen molar-refractivity contribution >= 4 is 6.03 Å². The quantitative estimate of drug-likeness (QED) is 0.647. The van der Waals surface area contributed by atoms with Gasteiger partial charge in [-0.2, -0.15) is 0 Å². The zero-order valence-corrected chi connectivity index (χ0v) is 15.2. The van der Waals surface area contributed by atoms with Crippen molar-refractivity contribution in [2.24, 2.45) is 5.92 Å². The standard InChI is InChI=1S/C19H33N3O/c1-6-15(4)21-19(23)20-13-18(12-14(2)3)22-16(5)17-10-8-7-9-11-17/h7-11,14-16,18,22H,6,12-13H2,1-5H3,(H2,20,21,23)/t15-,16+,18-/m0/s1. The summed E-state index contributed by atoms with van der Waals surface area (Å²) in [6, 6.07) is 11.1. The van der Waals surface area contributed by atoms with Crippen LogP contribution in [-0.4, -0.2) is 24.7 Å². The Labute approximate surface area is 141 Å². The lowest BCUT2D eigenvalue weighted by atomic mass is 10.0. The van der Waals surface area contributed by atoms with Gasteiger partial charge in [0.05, 0.1) is 0 Å². The third-order valence-electron chi connectivity index (χ3n) is 4.04. The first-order chi connectivity index (χ1) is 10.9. The molecule has 0 spiro atoms. The van der Waals surface area contributed by atoms with Crippen molar-refractivity contribution < 1.29 is 4.79 Å². The van der Waals surface area contributed by atoms with E-state index in [4.69, 9.17) is 0 Å². The first-order valence-corrected chi connectivity index (χ1v) is 8.77. The highest BCUT2D eigenvalue weighted by molar-refractivity contribution is 5.74. The highest BCUT2D eigenvalue weighted by Gasteiger charge is 2.16. The maximum Gasteiger partial charge on any atom is 0.315 e. The van der Waals surface area contributed by atoms with Gasteiger partial charge >= 0.3 is 6.03 Å². The number of amides is 2. The van der Waals surface area contributed by atoms with Crippen LogP contribution in [0, 0.1) is 5.92 Å². The van der Waals surface area contributed by atoms with Gasteiger partial charge in [0.15, 0.2) is 0 Å². The molecular weight excluding hydrogens is 286 g/mol. The predicted octanol–water partition coefficient (Wildman–Crippen LogP) is 3.85. The molecular formula is C19H33N3O. The van der Waals surface area contributed by atoms with Crippen LogP contribution in [0.25, 0.3) is 0 Å². The summed E-state index contributed by atoms with van der Waals surface area (Å²) in [6.07, 6.45) is 1.97. The Kier molecular flexibility index (Phi) is 8.70. The van der Waals surface area contributed by atoms with Crippen LogP contribution in [0.3, 0.4) is 0 Å². The van der Waals surface area contributed by atoms with Crippen LogP contribution in [0.4, 0.5) is 4.79 Å². The minimum atomic E-state index is -0.0812. The monoisotopic (exact) mass is 319 g/mol. The molecule has 1 aromatic carbocycles. The fraction of sp³-hybridized carbons (Fsp3) is 0.632. The lowest BCUT2D eigenvalue weighted by Crippen LogP contribution is -2.47. The summed E-state index contributed by atoms with van der Waals surface area (Å²) >= 11 is 0. The molecule has 4 nitrogen and oxygen atoms in total. The van der Waals surface area contributed by atoms with Gasteiger partial charge in [-0.05, 0) is 38.2 Å². The van der Waals surface area contributed by atoms with E-state index in [1.54, 1.807) is 0 Å². The second-order valence-corrected chi connectivity index (χ2v) is 6.79. The third kappa shape index (κ3) is 8.03. The second-order valence-electron chi connectivity index (χ2n) is 6.79. The predicted molar refractivity (Wildman–Crippen MR) is 97.5 cm³/mol. The Morgan fingerprint density at radius 2 is 1.74 bits per heavy atom. The fourth-order valence-electron chi connectivity index (χ4n) is 2.56. The Bertz CT molecular complexity index is 447. The minimum absolute atomic E-state index is 0.0812. The maximum absolute atomic E-state index is 11.9. The molecule has 3 N–H and O–H groups in total. The number of hydrogen-bond donors (Lipinski definition) is 3. The van der Waals surface area contributed by atoms with Gasteiger partial charge in [-0.15, -0.1) is 0 Å². The first kappa shape index (κ1) is 19.5. The molecule has 0 radical (unpaired) electrons. The van der Waals surface area contributed by atoms with E-state index in [1.165, 1.54) is 5.56 Å². The molecule has 0 saturated heterocycles. The Morgan fingerprint density at radius 3 is 2.30 bits per heavy atom.